The van der Waals surface area contributed by atoms with Crippen molar-refractivity contribution in [2.45, 2.75) is 30.8 Å². The molecule has 0 N–H and O–H groups in total. The smallest absolute Gasteiger partial charge is 0.339 e. The van der Waals surface area contributed by atoms with Crippen LogP contribution in [0.25, 0.3) is 0 Å². The van der Waals surface area contributed by atoms with Gasteiger partial charge in [0.2, 0.25) is 0 Å². The maximum absolute atomic E-state index is 12.5. The molecule has 1 spiro atoms. The predicted octanol–water partition coefficient (Wildman–Crippen LogP) is 3.61. The van der Waals surface area contributed by atoms with Crippen molar-refractivity contribution in [3.8, 4) is 11.5 Å². The van der Waals surface area contributed by atoms with Gasteiger partial charge in [0.05, 0.1) is 26.2 Å². The van der Waals surface area contributed by atoms with Crippen LogP contribution in [0.2, 0.25) is 0 Å². The number of hydrogen-bond donors (Lipinski definition) is 0. The number of esters is 1. The lowest BCUT2D eigenvalue weighted by Crippen LogP contribution is -2.36. The van der Waals surface area contributed by atoms with Crippen LogP contribution in [0.4, 0.5) is 0 Å². The number of carbonyl (C=O) groups is 2. The molecule has 26 heavy (non-hydrogen) atoms. The van der Waals surface area contributed by atoms with E-state index in [0.29, 0.717) is 24.2 Å². The summed E-state index contributed by atoms with van der Waals surface area (Å²) < 4.78 is 16.2. The Kier molecular flexibility index (Phi) is 3.94. The zero-order valence-electron chi connectivity index (χ0n) is 14.8. The summed E-state index contributed by atoms with van der Waals surface area (Å²) in [4.78, 5) is 25.0. The number of methoxy groups -OCH3 is 2. The van der Waals surface area contributed by atoms with Crippen molar-refractivity contribution >= 4 is 11.8 Å². The highest BCUT2D eigenvalue weighted by Gasteiger charge is 2.51. The summed E-state index contributed by atoms with van der Waals surface area (Å²) >= 11 is 0. The van der Waals surface area contributed by atoms with E-state index in [1.165, 1.54) is 0 Å². The molecule has 0 saturated heterocycles. The molecule has 0 bridgehead atoms. The van der Waals surface area contributed by atoms with Gasteiger partial charge in [-0.1, -0.05) is 18.2 Å². The SMILES string of the molecule is COc1ccc([C@H]2CC(=O)C[C@@]3(C2)OC(=O)c2cc(OC)ccc23)cc1. The van der Waals surface area contributed by atoms with Gasteiger partial charge >= 0.3 is 5.97 Å². The second-order valence-electron chi connectivity index (χ2n) is 6.89. The van der Waals surface area contributed by atoms with Crippen LogP contribution in [-0.4, -0.2) is 26.0 Å². The first-order valence-electron chi connectivity index (χ1n) is 8.62. The summed E-state index contributed by atoms with van der Waals surface area (Å²) in [5.74, 6) is 1.10. The first kappa shape index (κ1) is 16.6. The van der Waals surface area contributed by atoms with Gasteiger partial charge in [-0.05, 0) is 42.2 Å². The third kappa shape index (κ3) is 2.64. The molecule has 5 nitrogen and oxygen atoms in total. The summed E-state index contributed by atoms with van der Waals surface area (Å²) in [7, 11) is 3.18. The van der Waals surface area contributed by atoms with Crippen LogP contribution in [0.5, 0.6) is 11.5 Å². The van der Waals surface area contributed by atoms with E-state index in [1.54, 1.807) is 20.3 Å². The molecule has 1 aliphatic carbocycles. The molecule has 0 unspecified atom stereocenters. The fourth-order valence-corrected chi connectivity index (χ4v) is 4.11. The maximum atomic E-state index is 12.5. The second kappa shape index (κ2) is 6.16. The van der Waals surface area contributed by atoms with Gasteiger partial charge in [-0.15, -0.1) is 0 Å². The van der Waals surface area contributed by atoms with Crippen LogP contribution in [0.15, 0.2) is 42.5 Å². The zero-order chi connectivity index (χ0) is 18.3. The largest absolute Gasteiger partial charge is 0.497 e. The summed E-state index contributed by atoms with van der Waals surface area (Å²) in [6.07, 6.45) is 1.28. The van der Waals surface area contributed by atoms with Gasteiger partial charge in [0.15, 0.2) is 0 Å². The predicted molar refractivity (Wildman–Crippen MR) is 94.7 cm³/mol. The average Bonchev–Trinajstić information content (AvgIpc) is 2.91. The molecular formula is C21H20O5. The van der Waals surface area contributed by atoms with Gasteiger partial charge < -0.3 is 14.2 Å². The van der Waals surface area contributed by atoms with Crippen molar-refractivity contribution in [3.63, 3.8) is 0 Å². The molecule has 1 fully saturated rings. The second-order valence-corrected chi connectivity index (χ2v) is 6.89. The van der Waals surface area contributed by atoms with Crippen LogP contribution >= 0.6 is 0 Å². The van der Waals surface area contributed by atoms with E-state index in [9.17, 15) is 9.59 Å². The summed E-state index contributed by atoms with van der Waals surface area (Å²) in [6, 6.07) is 13.1. The Balaban J connectivity index is 1.71. The minimum Gasteiger partial charge on any atom is -0.497 e. The van der Waals surface area contributed by atoms with Crippen LogP contribution in [-0.2, 0) is 15.1 Å². The lowest BCUT2D eigenvalue weighted by Gasteiger charge is -2.36. The third-order valence-electron chi connectivity index (χ3n) is 5.35. The molecule has 0 amide bonds. The molecule has 134 valence electrons. The summed E-state index contributed by atoms with van der Waals surface area (Å²) in [5.41, 5.74) is 1.46. The molecule has 2 aliphatic rings. The Labute approximate surface area is 151 Å². The molecule has 1 aliphatic heterocycles. The van der Waals surface area contributed by atoms with E-state index in [2.05, 4.69) is 0 Å². The molecule has 2 aromatic carbocycles. The molecule has 5 heteroatoms. The quantitative estimate of drug-likeness (QED) is 0.790. The lowest BCUT2D eigenvalue weighted by atomic mass is 9.71. The Morgan fingerprint density at radius 1 is 1.00 bits per heavy atom. The van der Waals surface area contributed by atoms with E-state index in [4.69, 9.17) is 14.2 Å². The topological polar surface area (TPSA) is 61.8 Å². The summed E-state index contributed by atoms with van der Waals surface area (Å²) in [6.45, 7) is 0. The number of hydrogen-bond acceptors (Lipinski definition) is 5. The highest BCUT2D eigenvalue weighted by molar-refractivity contribution is 5.96. The Morgan fingerprint density at radius 2 is 1.69 bits per heavy atom. The Bertz CT molecular complexity index is 870. The standard InChI is InChI=1S/C21H20O5/c1-24-16-5-3-13(4-6-16)14-9-15(22)12-21(11-14)19-8-7-17(25-2)10-18(19)20(23)26-21/h3-8,10,14H,9,11-12H2,1-2H3/t14-,21+/m0/s1. The number of rotatable bonds is 3. The highest BCUT2D eigenvalue weighted by atomic mass is 16.6. The van der Waals surface area contributed by atoms with Gasteiger partial charge in [0.1, 0.15) is 22.9 Å². The molecule has 0 radical (unpaired) electrons. The minimum atomic E-state index is -0.876. The molecular weight excluding hydrogens is 332 g/mol. The van der Waals surface area contributed by atoms with E-state index in [-0.39, 0.29) is 24.1 Å². The molecule has 4 rings (SSSR count). The fraction of sp³-hybridized carbons (Fsp3) is 0.333. The van der Waals surface area contributed by atoms with Crippen LogP contribution in [0, 0.1) is 0 Å². The van der Waals surface area contributed by atoms with E-state index >= 15 is 0 Å². The van der Waals surface area contributed by atoms with E-state index < -0.39 is 5.60 Å². The minimum absolute atomic E-state index is 0.00278. The van der Waals surface area contributed by atoms with Crippen molar-refractivity contribution in [2.75, 3.05) is 14.2 Å². The highest BCUT2D eigenvalue weighted by Crippen LogP contribution is 2.50. The average molecular weight is 352 g/mol. The van der Waals surface area contributed by atoms with Crippen molar-refractivity contribution in [2.24, 2.45) is 0 Å². The van der Waals surface area contributed by atoms with Crippen molar-refractivity contribution in [3.05, 3.63) is 59.2 Å². The van der Waals surface area contributed by atoms with Crippen LogP contribution in [0.3, 0.4) is 0 Å². The zero-order valence-corrected chi connectivity index (χ0v) is 14.8. The van der Waals surface area contributed by atoms with Crippen LogP contribution < -0.4 is 9.47 Å². The monoisotopic (exact) mass is 352 g/mol. The van der Waals surface area contributed by atoms with Gasteiger partial charge in [-0.25, -0.2) is 4.79 Å². The Hall–Kier alpha value is -2.82. The Morgan fingerprint density at radius 3 is 2.38 bits per heavy atom. The number of benzene rings is 2. The first-order valence-corrected chi connectivity index (χ1v) is 8.62. The van der Waals surface area contributed by atoms with Crippen LogP contribution in [0.1, 0.15) is 46.7 Å². The lowest BCUT2D eigenvalue weighted by molar-refractivity contribution is -0.129. The molecule has 2 atom stereocenters. The van der Waals surface area contributed by atoms with Gasteiger partial charge in [0.25, 0.3) is 0 Å². The van der Waals surface area contributed by atoms with Crippen molar-refractivity contribution in [1.29, 1.82) is 0 Å². The molecule has 2 aromatic rings. The molecule has 1 heterocycles. The number of fused-ring (bicyclic) bond motifs is 2. The number of ketones is 1. The molecule has 1 saturated carbocycles. The van der Waals surface area contributed by atoms with Gasteiger partial charge in [0, 0.05) is 12.0 Å². The number of Topliss-reactive ketones (excluding diaryl/α,β-unsaturated/α-hetero) is 1. The third-order valence-corrected chi connectivity index (χ3v) is 5.35. The number of carbonyl (C=O) groups excluding carboxylic acids is 2. The fourth-order valence-electron chi connectivity index (χ4n) is 4.11. The molecule has 0 aromatic heterocycles. The van der Waals surface area contributed by atoms with Gasteiger partial charge in [-0.3, -0.25) is 4.79 Å². The van der Waals surface area contributed by atoms with Crippen molar-refractivity contribution in [1.82, 2.24) is 0 Å². The van der Waals surface area contributed by atoms with Gasteiger partial charge in [-0.2, -0.15) is 0 Å². The maximum Gasteiger partial charge on any atom is 0.339 e. The first-order chi connectivity index (χ1) is 12.5. The number of ether oxygens (including phenoxy) is 3. The normalized spacial score (nSPS) is 24.3. The van der Waals surface area contributed by atoms with E-state index in [0.717, 1.165) is 16.9 Å². The van der Waals surface area contributed by atoms with E-state index in [1.807, 2.05) is 36.4 Å². The summed E-state index contributed by atoms with van der Waals surface area (Å²) in [5, 5.41) is 0. The van der Waals surface area contributed by atoms with Crippen molar-refractivity contribution < 1.29 is 23.8 Å².